The van der Waals surface area contributed by atoms with Crippen molar-refractivity contribution in [2.75, 3.05) is 0 Å². The summed E-state index contributed by atoms with van der Waals surface area (Å²) in [5, 5.41) is 7.95. The van der Waals surface area contributed by atoms with E-state index in [1.807, 2.05) is 48.0 Å². The molecule has 5 aromatic rings. The molecule has 0 saturated carbocycles. The highest BCUT2D eigenvalue weighted by Gasteiger charge is 2.15. The Morgan fingerprint density at radius 2 is 1.56 bits per heavy atom. The monoisotopic (exact) mass is 369 g/mol. The minimum Gasteiger partial charge on any atom is -0.236 e. The van der Waals surface area contributed by atoms with E-state index >= 15 is 0 Å². The van der Waals surface area contributed by atoms with Crippen molar-refractivity contribution < 1.29 is 0 Å². The van der Waals surface area contributed by atoms with Crippen LogP contribution >= 0.6 is 11.6 Å². The van der Waals surface area contributed by atoms with E-state index in [2.05, 4.69) is 47.4 Å². The quantitative estimate of drug-likeness (QED) is 0.372. The molecule has 3 aromatic carbocycles. The van der Waals surface area contributed by atoms with Crippen molar-refractivity contribution in [2.45, 2.75) is 6.92 Å². The van der Waals surface area contributed by atoms with Gasteiger partial charge in [0.15, 0.2) is 5.65 Å². The molecule has 0 spiro atoms. The van der Waals surface area contributed by atoms with Gasteiger partial charge in [-0.1, -0.05) is 60.1 Å². The zero-order valence-electron chi connectivity index (χ0n) is 14.7. The predicted octanol–water partition coefficient (Wildman–Crippen LogP) is 6.18. The van der Waals surface area contributed by atoms with E-state index in [0.717, 1.165) is 38.7 Å². The van der Waals surface area contributed by atoms with Gasteiger partial charge >= 0.3 is 0 Å². The highest BCUT2D eigenvalue weighted by Crippen LogP contribution is 2.31. The number of rotatable bonds is 2. The number of nitrogens with zero attached hydrogens (tertiary/aromatic N) is 3. The lowest BCUT2D eigenvalue weighted by Crippen LogP contribution is -1.96. The topological polar surface area (TPSA) is 30.2 Å². The van der Waals surface area contributed by atoms with Crippen LogP contribution in [0.25, 0.3) is 38.8 Å². The van der Waals surface area contributed by atoms with Crippen LogP contribution < -0.4 is 0 Å². The summed E-state index contributed by atoms with van der Waals surface area (Å²) in [6.07, 6.45) is 1.85. The van der Waals surface area contributed by atoms with E-state index < -0.39 is 0 Å². The minimum atomic E-state index is 0.720. The maximum Gasteiger partial charge on any atom is 0.163 e. The largest absolute Gasteiger partial charge is 0.236 e. The Labute approximate surface area is 161 Å². The highest BCUT2D eigenvalue weighted by molar-refractivity contribution is 6.30. The van der Waals surface area contributed by atoms with Crippen molar-refractivity contribution in [1.29, 1.82) is 0 Å². The van der Waals surface area contributed by atoms with Crippen LogP contribution in [0.2, 0.25) is 5.02 Å². The molecule has 0 bridgehead atoms. The fourth-order valence-electron chi connectivity index (χ4n) is 3.57. The summed E-state index contributed by atoms with van der Waals surface area (Å²) in [6.45, 7) is 2.02. The molecule has 130 valence electrons. The molecule has 27 heavy (non-hydrogen) atoms. The third-order valence-electron chi connectivity index (χ3n) is 4.87. The van der Waals surface area contributed by atoms with Crippen LogP contribution in [0.1, 0.15) is 5.69 Å². The Morgan fingerprint density at radius 1 is 0.815 bits per heavy atom. The van der Waals surface area contributed by atoms with Gasteiger partial charge in [0.2, 0.25) is 0 Å². The van der Waals surface area contributed by atoms with Gasteiger partial charge in [-0.25, -0.2) is 9.50 Å². The first-order chi connectivity index (χ1) is 13.2. The van der Waals surface area contributed by atoms with Gasteiger partial charge in [0, 0.05) is 22.3 Å². The molecule has 0 unspecified atom stereocenters. The fourth-order valence-corrected chi connectivity index (χ4v) is 3.70. The first kappa shape index (κ1) is 16.0. The molecule has 0 N–H and O–H groups in total. The molecule has 0 atom stereocenters. The minimum absolute atomic E-state index is 0.720. The summed E-state index contributed by atoms with van der Waals surface area (Å²) in [4.78, 5) is 4.62. The second-order valence-corrected chi connectivity index (χ2v) is 7.03. The number of hydrogen-bond acceptors (Lipinski definition) is 2. The summed E-state index contributed by atoms with van der Waals surface area (Å²) < 4.78 is 1.93. The molecule has 0 radical (unpaired) electrons. The highest BCUT2D eigenvalue weighted by atomic mass is 35.5. The Kier molecular flexibility index (Phi) is 3.69. The molecule has 2 aromatic heterocycles. The lowest BCUT2D eigenvalue weighted by Gasteiger charge is -2.07. The van der Waals surface area contributed by atoms with Crippen molar-refractivity contribution in [3.63, 3.8) is 0 Å². The van der Waals surface area contributed by atoms with Gasteiger partial charge in [-0.3, -0.25) is 0 Å². The lowest BCUT2D eigenvalue weighted by atomic mass is 10.0. The maximum absolute atomic E-state index is 6.05. The van der Waals surface area contributed by atoms with Crippen LogP contribution in [0.3, 0.4) is 0 Å². The molecule has 2 heterocycles. The summed E-state index contributed by atoms with van der Waals surface area (Å²) >= 11 is 6.05. The molecular formula is C23H16ClN3. The average molecular weight is 370 g/mol. The van der Waals surface area contributed by atoms with E-state index in [-0.39, 0.29) is 0 Å². The maximum atomic E-state index is 6.05. The molecule has 0 amide bonds. The standard InChI is InChI=1S/C23H16ClN3/c1-15-22(17-8-10-20(24)11-9-17)23-25-13-12-21(27(23)26-15)19-7-6-16-4-2-3-5-18(16)14-19/h2-14H,1H3. The van der Waals surface area contributed by atoms with Crippen molar-refractivity contribution in [2.24, 2.45) is 0 Å². The van der Waals surface area contributed by atoms with Crippen molar-refractivity contribution in [3.05, 3.63) is 89.7 Å². The second kappa shape index (κ2) is 6.22. The van der Waals surface area contributed by atoms with Gasteiger partial charge in [0.25, 0.3) is 0 Å². The van der Waals surface area contributed by atoms with Crippen LogP contribution in [0, 0.1) is 6.92 Å². The zero-order chi connectivity index (χ0) is 18.4. The normalized spacial score (nSPS) is 11.3. The van der Waals surface area contributed by atoms with E-state index in [1.165, 1.54) is 10.8 Å². The molecule has 0 saturated heterocycles. The number of aromatic nitrogens is 3. The number of fused-ring (bicyclic) bond motifs is 2. The zero-order valence-corrected chi connectivity index (χ0v) is 15.5. The second-order valence-electron chi connectivity index (χ2n) is 6.59. The first-order valence-electron chi connectivity index (χ1n) is 8.80. The molecule has 0 fully saturated rings. The molecule has 4 heteroatoms. The molecule has 5 rings (SSSR count). The van der Waals surface area contributed by atoms with Crippen LogP contribution in [-0.4, -0.2) is 14.6 Å². The molecule has 0 aliphatic rings. The summed E-state index contributed by atoms with van der Waals surface area (Å²) in [6, 6.07) is 24.7. The van der Waals surface area contributed by atoms with Gasteiger partial charge < -0.3 is 0 Å². The van der Waals surface area contributed by atoms with Crippen molar-refractivity contribution in [3.8, 4) is 22.4 Å². The van der Waals surface area contributed by atoms with Crippen LogP contribution in [-0.2, 0) is 0 Å². The van der Waals surface area contributed by atoms with Gasteiger partial charge in [-0.2, -0.15) is 5.10 Å². The number of benzene rings is 3. The molecular weight excluding hydrogens is 354 g/mol. The van der Waals surface area contributed by atoms with E-state index in [0.29, 0.717) is 0 Å². The van der Waals surface area contributed by atoms with Gasteiger partial charge in [0.1, 0.15) is 0 Å². The number of halogens is 1. The predicted molar refractivity (Wildman–Crippen MR) is 111 cm³/mol. The molecule has 0 aliphatic heterocycles. The average Bonchev–Trinajstić information content (AvgIpc) is 3.04. The lowest BCUT2D eigenvalue weighted by molar-refractivity contribution is 0.925. The SMILES string of the molecule is Cc1nn2c(-c3ccc4ccccc4c3)ccnc2c1-c1ccc(Cl)cc1. The van der Waals surface area contributed by atoms with Gasteiger partial charge in [-0.05, 0) is 47.5 Å². The third kappa shape index (κ3) is 2.68. The summed E-state index contributed by atoms with van der Waals surface area (Å²) in [5.74, 6) is 0. The Hall–Kier alpha value is -3.17. The summed E-state index contributed by atoms with van der Waals surface area (Å²) in [5.41, 5.74) is 6.03. The van der Waals surface area contributed by atoms with Gasteiger partial charge in [0.05, 0.1) is 11.4 Å². The van der Waals surface area contributed by atoms with E-state index in [9.17, 15) is 0 Å². The van der Waals surface area contributed by atoms with Crippen LogP contribution in [0.15, 0.2) is 79.0 Å². The van der Waals surface area contributed by atoms with Gasteiger partial charge in [-0.15, -0.1) is 0 Å². The third-order valence-corrected chi connectivity index (χ3v) is 5.12. The fraction of sp³-hybridized carbons (Fsp3) is 0.0435. The van der Waals surface area contributed by atoms with Crippen molar-refractivity contribution in [1.82, 2.24) is 14.6 Å². The Bertz CT molecular complexity index is 1290. The van der Waals surface area contributed by atoms with Crippen LogP contribution in [0.4, 0.5) is 0 Å². The Balaban J connectivity index is 1.74. The molecule has 0 aliphatic carbocycles. The van der Waals surface area contributed by atoms with E-state index in [1.54, 1.807) is 0 Å². The molecule has 3 nitrogen and oxygen atoms in total. The smallest absolute Gasteiger partial charge is 0.163 e. The first-order valence-corrected chi connectivity index (χ1v) is 9.18. The summed E-state index contributed by atoms with van der Waals surface area (Å²) in [7, 11) is 0. The number of hydrogen-bond donors (Lipinski definition) is 0. The van der Waals surface area contributed by atoms with E-state index in [4.69, 9.17) is 16.7 Å². The Morgan fingerprint density at radius 3 is 2.37 bits per heavy atom. The van der Waals surface area contributed by atoms with Crippen molar-refractivity contribution >= 4 is 28.0 Å². The number of aryl methyl sites for hydroxylation is 1. The van der Waals surface area contributed by atoms with Crippen LogP contribution in [0.5, 0.6) is 0 Å².